The molecule has 1 amide bonds. The van der Waals surface area contributed by atoms with Crippen LogP contribution in [0.2, 0.25) is 0 Å². The zero-order valence-electron chi connectivity index (χ0n) is 17.3. The van der Waals surface area contributed by atoms with Crippen molar-refractivity contribution in [3.05, 3.63) is 70.2 Å². The number of fused-ring (bicyclic) bond motifs is 1. The molecule has 2 unspecified atom stereocenters. The summed E-state index contributed by atoms with van der Waals surface area (Å²) in [5.41, 5.74) is 2.80. The molecule has 2 heterocycles. The number of hydrogen-bond acceptors (Lipinski definition) is 5. The number of H-pyrrole nitrogens is 1. The molecular weight excluding hydrogens is 394 g/mol. The van der Waals surface area contributed by atoms with Gasteiger partial charge in [0.2, 0.25) is 5.91 Å². The fraction of sp³-hybridized carbons (Fsp3) is 0.375. The fourth-order valence-corrected chi connectivity index (χ4v) is 4.49. The third-order valence-corrected chi connectivity index (χ3v) is 6.42. The van der Waals surface area contributed by atoms with Crippen molar-refractivity contribution in [1.82, 2.24) is 14.8 Å². The van der Waals surface area contributed by atoms with Crippen LogP contribution in [0.25, 0.3) is 11.1 Å². The Balaban J connectivity index is 1.09. The van der Waals surface area contributed by atoms with E-state index in [2.05, 4.69) is 22.0 Å². The van der Waals surface area contributed by atoms with E-state index in [9.17, 15) is 14.4 Å². The van der Waals surface area contributed by atoms with E-state index in [0.717, 1.165) is 19.5 Å². The molecule has 2 aromatic carbocycles. The number of benzene rings is 2. The van der Waals surface area contributed by atoms with Crippen molar-refractivity contribution in [1.29, 1.82) is 0 Å². The lowest BCUT2D eigenvalue weighted by atomic mass is 10.1. The summed E-state index contributed by atoms with van der Waals surface area (Å²) in [6.07, 6.45) is 1.34. The Kier molecular flexibility index (Phi) is 5.19. The maximum atomic E-state index is 12.8. The van der Waals surface area contributed by atoms with Crippen LogP contribution in [-0.2, 0) is 4.79 Å². The zero-order chi connectivity index (χ0) is 21.4. The molecule has 7 heteroatoms. The van der Waals surface area contributed by atoms with Gasteiger partial charge >= 0.3 is 5.76 Å². The minimum Gasteiger partial charge on any atom is -0.408 e. The molecule has 0 spiro atoms. The van der Waals surface area contributed by atoms with Gasteiger partial charge in [0.05, 0.1) is 5.52 Å². The lowest BCUT2D eigenvalue weighted by Gasteiger charge is -2.34. The Morgan fingerprint density at radius 3 is 2.58 bits per heavy atom. The highest BCUT2D eigenvalue weighted by atomic mass is 16.4. The lowest BCUT2D eigenvalue weighted by Crippen LogP contribution is -2.49. The monoisotopic (exact) mass is 419 g/mol. The highest BCUT2D eigenvalue weighted by Gasteiger charge is 2.45. The van der Waals surface area contributed by atoms with E-state index in [0.29, 0.717) is 48.6 Å². The number of rotatable bonds is 6. The number of piperazine rings is 1. The van der Waals surface area contributed by atoms with E-state index in [-0.39, 0.29) is 17.6 Å². The Hall–Kier alpha value is -3.19. The van der Waals surface area contributed by atoms with Crippen LogP contribution in [0.3, 0.4) is 0 Å². The highest BCUT2D eigenvalue weighted by Crippen LogP contribution is 2.48. The normalized spacial score (nSPS) is 21.4. The van der Waals surface area contributed by atoms with Crippen molar-refractivity contribution in [2.45, 2.75) is 18.8 Å². The van der Waals surface area contributed by atoms with E-state index in [1.807, 2.05) is 23.1 Å². The molecule has 3 aromatic rings. The third-order valence-electron chi connectivity index (χ3n) is 6.42. The van der Waals surface area contributed by atoms with Crippen LogP contribution in [0.15, 0.2) is 57.7 Å². The van der Waals surface area contributed by atoms with E-state index in [4.69, 9.17) is 4.42 Å². The van der Waals surface area contributed by atoms with Crippen LogP contribution in [-0.4, -0.2) is 59.2 Å². The van der Waals surface area contributed by atoms with Gasteiger partial charge in [0.1, 0.15) is 0 Å². The summed E-state index contributed by atoms with van der Waals surface area (Å²) in [4.78, 5) is 43.4. The van der Waals surface area contributed by atoms with Crippen LogP contribution in [0, 0.1) is 5.92 Å². The summed E-state index contributed by atoms with van der Waals surface area (Å²) >= 11 is 0. The van der Waals surface area contributed by atoms with E-state index in [1.165, 1.54) is 5.56 Å². The lowest BCUT2D eigenvalue weighted by molar-refractivity contribution is -0.134. The quantitative estimate of drug-likeness (QED) is 0.621. The molecule has 5 rings (SSSR count). The van der Waals surface area contributed by atoms with Crippen LogP contribution >= 0.6 is 0 Å². The number of nitrogens with zero attached hydrogens (tertiary/aromatic N) is 2. The molecule has 1 N–H and O–H groups in total. The Bertz CT molecular complexity index is 1160. The standard InChI is InChI=1S/C24H25N3O4/c28-21(17-6-7-20-22(14-17)31-24(30)25-20)8-9-26-10-12-27(13-11-26)23(29)19-15-18(19)16-4-2-1-3-5-16/h1-7,14,18-19H,8-13,15H2,(H,25,30). The Labute approximate surface area is 179 Å². The van der Waals surface area contributed by atoms with Gasteiger partial charge in [-0.25, -0.2) is 4.79 Å². The zero-order valence-corrected chi connectivity index (χ0v) is 17.3. The van der Waals surface area contributed by atoms with Gasteiger partial charge in [0, 0.05) is 50.6 Å². The van der Waals surface area contributed by atoms with Crippen molar-refractivity contribution in [3.8, 4) is 0 Å². The van der Waals surface area contributed by atoms with Gasteiger partial charge in [-0.2, -0.15) is 0 Å². The molecule has 2 fully saturated rings. The highest BCUT2D eigenvalue weighted by molar-refractivity contribution is 5.98. The summed E-state index contributed by atoms with van der Waals surface area (Å²) in [5, 5.41) is 0. The summed E-state index contributed by atoms with van der Waals surface area (Å²) < 4.78 is 5.04. The number of aromatic nitrogens is 1. The molecule has 160 valence electrons. The topological polar surface area (TPSA) is 86.6 Å². The first-order valence-corrected chi connectivity index (χ1v) is 10.8. The number of amides is 1. The number of hydrogen-bond donors (Lipinski definition) is 1. The molecular formula is C24H25N3O4. The summed E-state index contributed by atoms with van der Waals surface area (Å²) in [7, 11) is 0. The van der Waals surface area contributed by atoms with Crippen molar-refractivity contribution >= 4 is 22.8 Å². The number of oxazole rings is 1. The van der Waals surface area contributed by atoms with Crippen LogP contribution in [0.4, 0.5) is 0 Å². The number of aromatic amines is 1. The number of ketones is 1. The number of carbonyl (C=O) groups is 2. The molecule has 1 aromatic heterocycles. The SMILES string of the molecule is O=C(CCN1CCN(C(=O)C2CC2c2ccccc2)CC1)c1ccc2[nH]c(=O)oc2c1. The van der Waals surface area contributed by atoms with E-state index < -0.39 is 5.76 Å². The van der Waals surface area contributed by atoms with Gasteiger partial charge in [-0.3, -0.25) is 19.5 Å². The molecule has 1 aliphatic carbocycles. The Morgan fingerprint density at radius 1 is 1.03 bits per heavy atom. The van der Waals surface area contributed by atoms with Crippen molar-refractivity contribution in [2.24, 2.45) is 5.92 Å². The summed E-state index contributed by atoms with van der Waals surface area (Å²) in [6.45, 7) is 3.66. The first kappa shape index (κ1) is 19.8. The number of Topliss-reactive ketones (excluding diaryl/α,β-unsaturated/α-hetero) is 1. The van der Waals surface area contributed by atoms with Crippen molar-refractivity contribution in [3.63, 3.8) is 0 Å². The summed E-state index contributed by atoms with van der Waals surface area (Å²) in [6, 6.07) is 15.3. The van der Waals surface area contributed by atoms with Gasteiger partial charge in [-0.15, -0.1) is 0 Å². The molecule has 0 bridgehead atoms. The van der Waals surface area contributed by atoms with E-state index >= 15 is 0 Å². The van der Waals surface area contributed by atoms with Gasteiger partial charge in [0.15, 0.2) is 11.4 Å². The maximum absolute atomic E-state index is 12.8. The second-order valence-corrected chi connectivity index (χ2v) is 8.42. The second kappa shape index (κ2) is 8.15. The third kappa shape index (κ3) is 4.18. The van der Waals surface area contributed by atoms with Crippen LogP contribution in [0.1, 0.15) is 34.7 Å². The first-order chi connectivity index (χ1) is 15.1. The molecule has 31 heavy (non-hydrogen) atoms. The smallest absolute Gasteiger partial charge is 0.408 e. The van der Waals surface area contributed by atoms with Gasteiger partial charge in [0.25, 0.3) is 0 Å². The molecule has 2 aliphatic rings. The Morgan fingerprint density at radius 2 is 1.81 bits per heavy atom. The molecule has 1 saturated carbocycles. The van der Waals surface area contributed by atoms with Crippen molar-refractivity contribution in [2.75, 3.05) is 32.7 Å². The van der Waals surface area contributed by atoms with Gasteiger partial charge < -0.3 is 9.32 Å². The molecule has 7 nitrogen and oxygen atoms in total. The van der Waals surface area contributed by atoms with Crippen LogP contribution in [0.5, 0.6) is 0 Å². The molecule has 2 atom stereocenters. The first-order valence-electron chi connectivity index (χ1n) is 10.8. The number of nitrogens with one attached hydrogen (secondary N) is 1. The average molecular weight is 419 g/mol. The van der Waals surface area contributed by atoms with Crippen molar-refractivity contribution < 1.29 is 14.0 Å². The average Bonchev–Trinajstić information content (AvgIpc) is 3.51. The van der Waals surface area contributed by atoms with E-state index in [1.54, 1.807) is 18.2 Å². The van der Waals surface area contributed by atoms with Gasteiger partial charge in [-0.1, -0.05) is 30.3 Å². The van der Waals surface area contributed by atoms with Crippen LogP contribution < -0.4 is 5.76 Å². The molecule has 0 radical (unpaired) electrons. The molecule has 1 saturated heterocycles. The minimum absolute atomic E-state index is 0.0212. The largest absolute Gasteiger partial charge is 0.417 e. The molecule has 1 aliphatic heterocycles. The predicted octanol–water partition coefficient (Wildman–Crippen LogP) is 2.64. The fourth-order valence-electron chi connectivity index (χ4n) is 4.49. The minimum atomic E-state index is -0.520. The second-order valence-electron chi connectivity index (χ2n) is 8.42. The number of carbonyl (C=O) groups excluding carboxylic acids is 2. The maximum Gasteiger partial charge on any atom is 0.417 e. The summed E-state index contributed by atoms with van der Waals surface area (Å²) in [5.74, 6) is 0.261. The van der Waals surface area contributed by atoms with Gasteiger partial charge in [-0.05, 0) is 36.1 Å². The predicted molar refractivity (Wildman–Crippen MR) is 116 cm³/mol.